The summed E-state index contributed by atoms with van der Waals surface area (Å²) in [4.78, 5) is 16.9. The van der Waals surface area contributed by atoms with Crippen molar-refractivity contribution in [1.29, 1.82) is 0 Å². The van der Waals surface area contributed by atoms with Gasteiger partial charge in [0.2, 0.25) is 0 Å². The van der Waals surface area contributed by atoms with E-state index in [1.807, 2.05) is 0 Å². The van der Waals surface area contributed by atoms with Gasteiger partial charge in [-0.2, -0.15) is 13.2 Å². The summed E-state index contributed by atoms with van der Waals surface area (Å²) in [5, 5.41) is 9.96. The Bertz CT molecular complexity index is 754. The zero-order chi connectivity index (χ0) is 17.5. The van der Waals surface area contributed by atoms with Crippen LogP contribution in [0.4, 0.5) is 13.2 Å². The van der Waals surface area contributed by atoms with Crippen molar-refractivity contribution in [1.82, 2.24) is 9.88 Å². The van der Waals surface area contributed by atoms with Gasteiger partial charge in [0.25, 0.3) is 5.91 Å². The molecule has 1 aliphatic heterocycles. The van der Waals surface area contributed by atoms with Crippen molar-refractivity contribution in [2.75, 3.05) is 6.54 Å². The van der Waals surface area contributed by atoms with Crippen LogP contribution in [0.15, 0.2) is 36.5 Å². The summed E-state index contributed by atoms with van der Waals surface area (Å²) >= 11 is 0. The molecule has 3 rings (SSSR count). The van der Waals surface area contributed by atoms with Gasteiger partial charge in [0.1, 0.15) is 5.69 Å². The second-order valence-corrected chi connectivity index (χ2v) is 5.98. The van der Waals surface area contributed by atoms with Crippen LogP contribution in [-0.4, -0.2) is 33.5 Å². The number of likely N-dealkylation sites (tertiary alicyclic amines) is 1. The molecule has 1 aromatic heterocycles. The first kappa shape index (κ1) is 16.6. The zero-order valence-electron chi connectivity index (χ0n) is 13.0. The largest absolute Gasteiger partial charge is 0.416 e. The van der Waals surface area contributed by atoms with E-state index in [-0.39, 0.29) is 18.5 Å². The maximum atomic E-state index is 13.3. The predicted molar refractivity (Wildman–Crippen MR) is 81.4 cm³/mol. The number of carbonyl (C=O) groups is 1. The van der Waals surface area contributed by atoms with Crippen LogP contribution >= 0.6 is 0 Å². The molecule has 2 aromatic rings. The molecule has 2 heterocycles. The van der Waals surface area contributed by atoms with E-state index in [4.69, 9.17) is 0 Å². The molecule has 0 radical (unpaired) electrons. The molecule has 4 nitrogen and oxygen atoms in total. The highest BCUT2D eigenvalue weighted by Crippen LogP contribution is 2.40. The molecule has 2 N–H and O–H groups in total. The Kier molecular flexibility index (Phi) is 4.13. The molecule has 1 fully saturated rings. The lowest BCUT2D eigenvalue weighted by molar-refractivity contribution is -0.138. The molecule has 0 unspecified atom stereocenters. The van der Waals surface area contributed by atoms with E-state index in [2.05, 4.69) is 4.98 Å². The molecule has 7 heteroatoms. The van der Waals surface area contributed by atoms with Gasteiger partial charge in [0, 0.05) is 12.7 Å². The first-order valence-corrected chi connectivity index (χ1v) is 7.58. The molecule has 0 bridgehead atoms. The number of alkyl halides is 3. The second kappa shape index (κ2) is 5.98. The van der Waals surface area contributed by atoms with Crippen LogP contribution in [0.2, 0.25) is 0 Å². The zero-order valence-corrected chi connectivity index (χ0v) is 13.0. The number of β-amino-alcohol motifs (C(OH)–C–C–N with tert-alkyl or cyclic N) is 1. The summed E-state index contributed by atoms with van der Waals surface area (Å²) in [7, 11) is 0. The number of carbonyl (C=O) groups excluding carboxylic acids is 1. The molecule has 1 aromatic carbocycles. The molecule has 0 saturated carbocycles. The molecule has 24 heavy (non-hydrogen) atoms. The average Bonchev–Trinajstić information content (AvgIpc) is 3.11. The summed E-state index contributed by atoms with van der Waals surface area (Å²) < 4.78 is 39.9. The van der Waals surface area contributed by atoms with Crippen molar-refractivity contribution >= 4 is 5.91 Å². The Morgan fingerprint density at radius 1 is 1.29 bits per heavy atom. The third-order valence-corrected chi connectivity index (χ3v) is 4.33. The summed E-state index contributed by atoms with van der Waals surface area (Å²) in [6.07, 6.45) is -3.68. The number of H-pyrrole nitrogens is 1. The Labute approximate surface area is 136 Å². The highest BCUT2D eigenvalue weighted by Gasteiger charge is 2.41. The molecule has 1 amide bonds. The number of aryl methyl sites for hydroxylation is 1. The number of benzene rings is 1. The standard InChI is InChI=1S/C17H17F3N2O2/c1-10-6-7-21-15(10)16(24)22-9-11(23)8-14(22)12-4-2-3-5-13(12)17(18,19)20/h2-7,11,14,21,23H,8-9H2,1H3/t11-,14+/m1/s1. The Morgan fingerprint density at radius 3 is 2.62 bits per heavy atom. The maximum absolute atomic E-state index is 13.3. The number of aliphatic hydroxyl groups is 1. The van der Waals surface area contributed by atoms with Gasteiger partial charge in [0.15, 0.2) is 0 Å². The number of rotatable bonds is 2. The fraction of sp³-hybridized carbons (Fsp3) is 0.353. The molecule has 2 atom stereocenters. The van der Waals surface area contributed by atoms with Crippen molar-refractivity contribution < 1.29 is 23.1 Å². The normalized spacial score (nSPS) is 21.3. The van der Waals surface area contributed by atoms with Crippen LogP contribution in [0.3, 0.4) is 0 Å². The van der Waals surface area contributed by atoms with Gasteiger partial charge in [-0.15, -0.1) is 0 Å². The quantitative estimate of drug-likeness (QED) is 0.883. The number of nitrogens with zero attached hydrogens (tertiary/aromatic N) is 1. The molecule has 1 saturated heterocycles. The van der Waals surface area contributed by atoms with Crippen molar-refractivity contribution in [2.45, 2.75) is 31.7 Å². The Hall–Kier alpha value is -2.28. The van der Waals surface area contributed by atoms with E-state index in [1.165, 1.54) is 23.1 Å². The first-order valence-electron chi connectivity index (χ1n) is 7.58. The molecular formula is C17H17F3N2O2. The summed E-state index contributed by atoms with van der Waals surface area (Å²) in [6.45, 7) is 1.75. The molecule has 128 valence electrons. The third kappa shape index (κ3) is 2.91. The maximum Gasteiger partial charge on any atom is 0.416 e. The second-order valence-electron chi connectivity index (χ2n) is 5.98. The van der Waals surface area contributed by atoms with Crippen LogP contribution in [0.1, 0.15) is 39.6 Å². The average molecular weight is 338 g/mol. The van der Waals surface area contributed by atoms with E-state index in [0.717, 1.165) is 6.07 Å². The van der Waals surface area contributed by atoms with Gasteiger partial charge in [0.05, 0.1) is 17.7 Å². The highest BCUT2D eigenvalue weighted by molar-refractivity contribution is 5.94. The van der Waals surface area contributed by atoms with E-state index in [9.17, 15) is 23.1 Å². The van der Waals surface area contributed by atoms with Crippen LogP contribution in [0.25, 0.3) is 0 Å². The van der Waals surface area contributed by atoms with Crippen LogP contribution in [0, 0.1) is 6.92 Å². The minimum absolute atomic E-state index is 0.00809. The topological polar surface area (TPSA) is 56.3 Å². The molecule has 1 aliphatic rings. The number of nitrogens with one attached hydrogen (secondary N) is 1. The Balaban J connectivity index is 2.01. The number of halogens is 3. The Morgan fingerprint density at radius 2 is 2.00 bits per heavy atom. The fourth-order valence-electron chi connectivity index (χ4n) is 3.20. The SMILES string of the molecule is Cc1cc[nH]c1C(=O)N1C[C@H](O)C[C@H]1c1ccccc1C(F)(F)F. The fourth-order valence-corrected chi connectivity index (χ4v) is 3.20. The van der Waals surface area contributed by atoms with Gasteiger partial charge < -0.3 is 15.0 Å². The van der Waals surface area contributed by atoms with Gasteiger partial charge in [-0.05, 0) is 36.6 Å². The lowest BCUT2D eigenvalue weighted by Gasteiger charge is -2.27. The van der Waals surface area contributed by atoms with Gasteiger partial charge in [-0.3, -0.25) is 4.79 Å². The van der Waals surface area contributed by atoms with E-state index in [0.29, 0.717) is 11.3 Å². The predicted octanol–water partition coefficient (Wildman–Crippen LogP) is 3.29. The lowest BCUT2D eigenvalue weighted by atomic mass is 9.97. The summed E-state index contributed by atoms with van der Waals surface area (Å²) in [5.74, 6) is -0.406. The first-order chi connectivity index (χ1) is 11.3. The minimum Gasteiger partial charge on any atom is -0.391 e. The van der Waals surface area contributed by atoms with Crippen LogP contribution in [-0.2, 0) is 6.18 Å². The van der Waals surface area contributed by atoms with E-state index >= 15 is 0 Å². The number of hydrogen-bond donors (Lipinski definition) is 2. The third-order valence-electron chi connectivity index (χ3n) is 4.33. The minimum atomic E-state index is -4.51. The number of aromatic nitrogens is 1. The van der Waals surface area contributed by atoms with Crippen molar-refractivity contribution in [3.63, 3.8) is 0 Å². The summed E-state index contributed by atoms with van der Waals surface area (Å²) in [5.41, 5.74) is 0.284. The number of aliphatic hydroxyl groups excluding tert-OH is 1. The van der Waals surface area contributed by atoms with Crippen molar-refractivity contribution in [2.24, 2.45) is 0 Å². The van der Waals surface area contributed by atoms with Gasteiger partial charge in [-0.25, -0.2) is 0 Å². The lowest BCUT2D eigenvalue weighted by Crippen LogP contribution is -2.33. The van der Waals surface area contributed by atoms with Gasteiger partial charge in [-0.1, -0.05) is 18.2 Å². The highest BCUT2D eigenvalue weighted by atomic mass is 19.4. The van der Waals surface area contributed by atoms with Crippen molar-refractivity contribution in [3.05, 3.63) is 58.9 Å². The van der Waals surface area contributed by atoms with Crippen LogP contribution < -0.4 is 0 Å². The number of aromatic amines is 1. The number of hydrogen-bond acceptors (Lipinski definition) is 2. The molecular weight excluding hydrogens is 321 g/mol. The summed E-state index contributed by atoms with van der Waals surface area (Å²) in [6, 6.07) is 6.11. The van der Waals surface area contributed by atoms with E-state index in [1.54, 1.807) is 19.2 Å². The molecule has 0 aliphatic carbocycles. The smallest absolute Gasteiger partial charge is 0.391 e. The molecule has 0 spiro atoms. The van der Waals surface area contributed by atoms with Gasteiger partial charge >= 0.3 is 6.18 Å². The van der Waals surface area contributed by atoms with E-state index < -0.39 is 29.8 Å². The monoisotopic (exact) mass is 338 g/mol. The van der Waals surface area contributed by atoms with Crippen molar-refractivity contribution in [3.8, 4) is 0 Å². The van der Waals surface area contributed by atoms with Crippen LogP contribution in [0.5, 0.6) is 0 Å². The number of amides is 1.